The monoisotopic (exact) mass is 582 g/mol. The Balaban J connectivity index is 0.00000370. The van der Waals surface area contributed by atoms with Gasteiger partial charge in [0.1, 0.15) is 29.6 Å². The minimum absolute atomic E-state index is 0. The van der Waals surface area contributed by atoms with E-state index in [4.69, 9.17) is 9.47 Å². The highest BCUT2D eigenvalue weighted by molar-refractivity contribution is 7.89. The second-order valence-corrected chi connectivity index (χ2v) is 12.1. The summed E-state index contributed by atoms with van der Waals surface area (Å²) in [5.41, 5.74) is 1.62. The summed E-state index contributed by atoms with van der Waals surface area (Å²) < 4.78 is 38.7. The van der Waals surface area contributed by atoms with Crippen LogP contribution >= 0.6 is 12.4 Å². The molecule has 0 spiro atoms. The second-order valence-electron chi connectivity index (χ2n) is 9.98. The Kier molecular flexibility index (Phi) is 9.58. The fraction of sp³-hybridized carbons (Fsp3) is 0.290. The van der Waals surface area contributed by atoms with Crippen molar-refractivity contribution in [2.24, 2.45) is 0 Å². The maximum Gasteiger partial charge on any atom is 0.242 e. The quantitative estimate of drug-likeness (QED) is 0.241. The van der Waals surface area contributed by atoms with Crippen LogP contribution in [0.5, 0.6) is 23.0 Å². The second kappa shape index (κ2) is 12.9. The molecule has 1 heterocycles. The predicted octanol–water partition coefficient (Wildman–Crippen LogP) is 6.54. The number of phenolic OH excluding ortho intramolecular Hbond substituents is 1. The molecule has 0 saturated carbocycles. The first-order chi connectivity index (χ1) is 18.8. The molecule has 0 unspecified atom stereocenters. The van der Waals surface area contributed by atoms with Gasteiger partial charge in [0.2, 0.25) is 10.0 Å². The molecule has 0 radical (unpaired) electrons. The van der Waals surface area contributed by atoms with Crippen LogP contribution in [0.15, 0.2) is 83.8 Å². The fourth-order valence-corrected chi connectivity index (χ4v) is 5.74. The first kappa shape index (κ1) is 29.7. The summed E-state index contributed by atoms with van der Waals surface area (Å²) >= 11 is 0. The van der Waals surface area contributed by atoms with Gasteiger partial charge in [-0.1, -0.05) is 24.6 Å². The van der Waals surface area contributed by atoms with Gasteiger partial charge in [0.25, 0.3) is 0 Å². The number of hydrogen-bond donors (Lipinski definition) is 1. The molecule has 1 aliphatic heterocycles. The summed E-state index contributed by atoms with van der Waals surface area (Å²) in [6, 6.07) is 23.3. The predicted molar refractivity (Wildman–Crippen MR) is 161 cm³/mol. The molecule has 0 atom stereocenters. The molecule has 0 amide bonds. The lowest BCUT2D eigenvalue weighted by Crippen LogP contribution is -2.33. The summed E-state index contributed by atoms with van der Waals surface area (Å²) in [5, 5.41) is 11.7. The smallest absolute Gasteiger partial charge is 0.242 e. The van der Waals surface area contributed by atoms with Gasteiger partial charge in [0.15, 0.2) is 0 Å². The van der Waals surface area contributed by atoms with E-state index in [1.54, 1.807) is 36.4 Å². The number of ether oxygens (including phenoxy) is 2. The molecule has 5 rings (SSSR count). The number of halogens is 1. The van der Waals surface area contributed by atoms with Crippen molar-refractivity contribution in [3.8, 4) is 34.1 Å². The van der Waals surface area contributed by atoms with Gasteiger partial charge in [-0.15, -0.1) is 12.4 Å². The average molecular weight is 583 g/mol. The van der Waals surface area contributed by atoms with Crippen LogP contribution in [-0.4, -0.2) is 63.1 Å². The molecule has 1 N–H and O–H groups in total. The molecule has 1 fully saturated rings. The molecule has 1 aliphatic rings. The SMILES string of the molecule is CN(C)S(=O)(=O)c1ccc(-c2ccc3cc(O)ccc3c2Oc2ccc(OCCN3CCCCC3)cc2)cc1.Cl. The first-order valence-electron chi connectivity index (χ1n) is 13.2. The van der Waals surface area contributed by atoms with Gasteiger partial charge < -0.3 is 14.6 Å². The highest BCUT2D eigenvalue weighted by Gasteiger charge is 2.18. The molecular weight excluding hydrogens is 548 g/mol. The van der Waals surface area contributed by atoms with E-state index in [9.17, 15) is 13.5 Å². The van der Waals surface area contributed by atoms with Gasteiger partial charge in [0, 0.05) is 31.6 Å². The van der Waals surface area contributed by atoms with Crippen LogP contribution in [0.1, 0.15) is 19.3 Å². The largest absolute Gasteiger partial charge is 0.508 e. The lowest BCUT2D eigenvalue weighted by atomic mass is 9.99. The Hall–Kier alpha value is -3.30. The van der Waals surface area contributed by atoms with Crippen molar-refractivity contribution >= 4 is 33.2 Å². The van der Waals surface area contributed by atoms with Crippen molar-refractivity contribution in [1.29, 1.82) is 0 Å². The summed E-state index contributed by atoms with van der Waals surface area (Å²) in [7, 11) is -0.506. The number of benzene rings is 4. The van der Waals surface area contributed by atoms with Crippen LogP contribution in [0.3, 0.4) is 0 Å². The number of nitrogens with zero attached hydrogens (tertiary/aromatic N) is 2. The maximum atomic E-state index is 12.5. The van der Waals surface area contributed by atoms with Crippen molar-refractivity contribution in [1.82, 2.24) is 9.21 Å². The number of piperidine rings is 1. The topological polar surface area (TPSA) is 79.3 Å². The van der Waals surface area contributed by atoms with Crippen molar-refractivity contribution in [3.05, 3.63) is 78.9 Å². The van der Waals surface area contributed by atoms with Crippen LogP contribution in [0.25, 0.3) is 21.9 Å². The molecule has 9 heteroatoms. The minimum Gasteiger partial charge on any atom is -0.508 e. The van der Waals surface area contributed by atoms with Gasteiger partial charge in [-0.2, -0.15) is 0 Å². The number of rotatable bonds is 9. The number of hydrogen-bond acceptors (Lipinski definition) is 6. The van der Waals surface area contributed by atoms with Gasteiger partial charge in [-0.05, 0) is 97.5 Å². The zero-order valence-electron chi connectivity index (χ0n) is 22.7. The van der Waals surface area contributed by atoms with E-state index < -0.39 is 10.0 Å². The molecule has 212 valence electrons. The van der Waals surface area contributed by atoms with Crippen molar-refractivity contribution < 1.29 is 23.0 Å². The normalized spacial score (nSPS) is 14.2. The Bertz CT molecular complexity index is 1540. The average Bonchev–Trinajstić information content (AvgIpc) is 2.94. The number of likely N-dealkylation sites (tertiary alicyclic amines) is 1. The van der Waals surface area contributed by atoms with Crippen LogP contribution < -0.4 is 9.47 Å². The third-order valence-electron chi connectivity index (χ3n) is 7.07. The molecule has 0 bridgehead atoms. The van der Waals surface area contributed by atoms with Gasteiger partial charge in [-0.3, -0.25) is 4.90 Å². The molecule has 1 saturated heterocycles. The standard InChI is InChI=1S/C31H34N2O5S.ClH/c1-32(2)39(35,36)28-14-6-23(7-15-28)29-16-8-24-22-25(34)9-17-30(24)31(29)38-27-12-10-26(11-13-27)37-21-20-33-18-4-3-5-19-33;/h6-17,22,34H,3-5,18-21H2,1-2H3;1H. The Morgan fingerprint density at radius 2 is 1.52 bits per heavy atom. The maximum absolute atomic E-state index is 12.5. The molecule has 7 nitrogen and oxygen atoms in total. The molecule has 0 aliphatic carbocycles. The summed E-state index contributed by atoms with van der Waals surface area (Å²) in [6.45, 7) is 3.88. The zero-order chi connectivity index (χ0) is 27.4. The van der Waals surface area contributed by atoms with Gasteiger partial charge >= 0.3 is 0 Å². The third kappa shape index (κ3) is 6.70. The van der Waals surface area contributed by atoms with Crippen molar-refractivity contribution in [3.63, 3.8) is 0 Å². The first-order valence-corrected chi connectivity index (χ1v) is 14.7. The van der Waals surface area contributed by atoms with E-state index in [1.165, 1.54) is 37.7 Å². The molecule has 40 heavy (non-hydrogen) atoms. The van der Waals surface area contributed by atoms with Gasteiger partial charge in [-0.25, -0.2) is 12.7 Å². The van der Waals surface area contributed by atoms with Crippen molar-refractivity contribution in [2.45, 2.75) is 24.2 Å². The van der Waals surface area contributed by atoms with Gasteiger partial charge in [0.05, 0.1) is 4.90 Å². The van der Waals surface area contributed by atoms with E-state index >= 15 is 0 Å². The highest BCUT2D eigenvalue weighted by Crippen LogP contribution is 2.41. The van der Waals surface area contributed by atoms with Crippen LogP contribution in [0.4, 0.5) is 0 Å². The minimum atomic E-state index is -3.53. The van der Waals surface area contributed by atoms with E-state index in [2.05, 4.69) is 4.90 Å². The van der Waals surface area contributed by atoms with E-state index in [0.717, 1.165) is 47.3 Å². The lowest BCUT2D eigenvalue weighted by Gasteiger charge is -2.26. The molecule has 4 aromatic rings. The van der Waals surface area contributed by atoms with Crippen LogP contribution in [-0.2, 0) is 10.0 Å². The lowest BCUT2D eigenvalue weighted by molar-refractivity contribution is 0.183. The number of sulfonamides is 1. The van der Waals surface area contributed by atoms with Crippen LogP contribution in [0, 0.1) is 0 Å². The Labute approximate surface area is 242 Å². The highest BCUT2D eigenvalue weighted by atomic mass is 35.5. The molecule has 4 aromatic carbocycles. The number of phenols is 1. The molecule has 0 aromatic heterocycles. The summed E-state index contributed by atoms with van der Waals surface area (Å²) in [6.07, 6.45) is 3.85. The summed E-state index contributed by atoms with van der Waals surface area (Å²) in [5.74, 6) is 2.23. The summed E-state index contributed by atoms with van der Waals surface area (Å²) in [4.78, 5) is 2.67. The third-order valence-corrected chi connectivity index (χ3v) is 8.90. The van der Waals surface area contributed by atoms with E-state index in [-0.39, 0.29) is 23.1 Å². The van der Waals surface area contributed by atoms with Crippen LogP contribution in [0.2, 0.25) is 0 Å². The van der Waals surface area contributed by atoms with Crippen molar-refractivity contribution in [2.75, 3.05) is 40.3 Å². The van der Waals surface area contributed by atoms with E-state index in [0.29, 0.717) is 18.1 Å². The molecular formula is C31H35ClN2O5S. The number of fused-ring (bicyclic) bond motifs is 1. The Morgan fingerprint density at radius 3 is 2.20 bits per heavy atom. The fourth-order valence-electron chi connectivity index (χ4n) is 4.84. The zero-order valence-corrected chi connectivity index (χ0v) is 24.4. The van der Waals surface area contributed by atoms with E-state index in [1.807, 2.05) is 42.5 Å². The number of aromatic hydroxyl groups is 1. The Morgan fingerprint density at radius 1 is 0.850 bits per heavy atom.